The average molecular weight is 401 g/mol. The summed E-state index contributed by atoms with van der Waals surface area (Å²) in [5.41, 5.74) is 2.46. The van der Waals surface area contributed by atoms with Crippen molar-refractivity contribution in [2.75, 3.05) is 25.5 Å². The first kappa shape index (κ1) is 20.4. The fourth-order valence-corrected chi connectivity index (χ4v) is 3.72. The van der Waals surface area contributed by atoms with Crippen molar-refractivity contribution in [1.82, 2.24) is 4.90 Å². The lowest BCUT2D eigenvalue weighted by Crippen LogP contribution is -2.33. The molecule has 1 aliphatic heterocycles. The van der Waals surface area contributed by atoms with Crippen LogP contribution in [0.4, 0.5) is 5.69 Å². The minimum absolute atomic E-state index is 0.216. The maximum absolute atomic E-state index is 12.5. The summed E-state index contributed by atoms with van der Waals surface area (Å²) in [4.78, 5) is 26.7. The van der Waals surface area contributed by atoms with Crippen molar-refractivity contribution in [2.45, 2.75) is 26.3 Å². The van der Waals surface area contributed by atoms with Crippen molar-refractivity contribution in [3.05, 3.63) is 64.2 Å². The smallest absolute Gasteiger partial charge is 0.339 e. The monoisotopic (exact) mass is 400 g/mol. The molecule has 0 spiro atoms. The number of esters is 1. The average Bonchev–Trinajstić information content (AvgIpc) is 2.69. The molecule has 1 aliphatic rings. The number of halogens is 1. The highest BCUT2D eigenvalue weighted by molar-refractivity contribution is 6.33. The molecule has 1 atom stereocenters. The van der Waals surface area contributed by atoms with Crippen LogP contribution in [0, 0.1) is 5.92 Å². The Kier molecular flexibility index (Phi) is 6.70. The quantitative estimate of drug-likeness (QED) is 0.744. The zero-order chi connectivity index (χ0) is 20.1. The lowest BCUT2D eigenvalue weighted by atomic mass is 9.99. The standard InChI is InChI=1S/C22H25ClN2O3/c1-15-4-3-11-25(13-15)14-16-5-7-17(8-6-16)21(26)24-18-9-10-20(23)19(12-18)22(27)28-2/h5-10,12,15H,3-4,11,13-14H2,1-2H3,(H,24,26). The van der Waals surface area contributed by atoms with Gasteiger partial charge in [-0.2, -0.15) is 0 Å². The van der Waals surface area contributed by atoms with Crippen molar-refractivity contribution >= 4 is 29.2 Å². The number of carbonyl (C=O) groups is 2. The number of hydrogen-bond acceptors (Lipinski definition) is 4. The molecular weight excluding hydrogens is 376 g/mol. The second-order valence-electron chi connectivity index (χ2n) is 7.32. The van der Waals surface area contributed by atoms with Crippen molar-refractivity contribution < 1.29 is 14.3 Å². The summed E-state index contributed by atoms with van der Waals surface area (Å²) < 4.78 is 4.70. The number of ether oxygens (including phenoxy) is 1. The van der Waals surface area contributed by atoms with Gasteiger partial charge in [0.25, 0.3) is 5.91 Å². The van der Waals surface area contributed by atoms with Gasteiger partial charge in [-0.05, 0) is 61.2 Å². The first-order chi connectivity index (χ1) is 13.5. The van der Waals surface area contributed by atoms with E-state index in [0.29, 0.717) is 11.3 Å². The number of rotatable bonds is 5. The Labute approximate surface area is 170 Å². The molecule has 5 nitrogen and oxygen atoms in total. The lowest BCUT2D eigenvalue weighted by Gasteiger charge is -2.30. The molecule has 1 unspecified atom stereocenters. The number of hydrogen-bond donors (Lipinski definition) is 1. The van der Waals surface area contributed by atoms with Crippen LogP contribution in [0.5, 0.6) is 0 Å². The number of nitrogens with zero attached hydrogens (tertiary/aromatic N) is 1. The van der Waals surface area contributed by atoms with Gasteiger partial charge in [-0.1, -0.05) is 30.7 Å². The van der Waals surface area contributed by atoms with Crippen molar-refractivity contribution in [3.8, 4) is 0 Å². The number of methoxy groups -OCH3 is 1. The number of anilines is 1. The van der Waals surface area contributed by atoms with Crippen LogP contribution in [-0.2, 0) is 11.3 Å². The Hall–Kier alpha value is -2.37. The van der Waals surface area contributed by atoms with Crippen LogP contribution < -0.4 is 5.32 Å². The fraction of sp³-hybridized carbons (Fsp3) is 0.364. The molecule has 0 bridgehead atoms. The third-order valence-corrected chi connectivity index (χ3v) is 5.32. The third-order valence-electron chi connectivity index (χ3n) is 4.99. The van der Waals surface area contributed by atoms with Gasteiger partial charge >= 0.3 is 5.97 Å². The molecule has 2 aromatic rings. The van der Waals surface area contributed by atoms with E-state index in [1.54, 1.807) is 12.1 Å². The number of benzene rings is 2. The molecule has 148 valence electrons. The number of amides is 1. The highest BCUT2D eigenvalue weighted by Crippen LogP contribution is 2.22. The molecule has 28 heavy (non-hydrogen) atoms. The second kappa shape index (κ2) is 9.22. The molecule has 6 heteroatoms. The van der Waals surface area contributed by atoms with Gasteiger partial charge in [-0.25, -0.2) is 4.79 Å². The van der Waals surface area contributed by atoms with Gasteiger partial charge < -0.3 is 10.1 Å². The number of piperidine rings is 1. The second-order valence-corrected chi connectivity index (χ2v) is 7.73. The van der Waals surface area contributed by atoms with Crippen LogP contribution >= 0.6 is 11.6 Å². The normalized spacial score (nSPS) is 17.2. The van der Waals surface area contributed by atoms with Gasteiger partial charge in [0.15, 0.2) is 0 Å². The van der Waals surface area contributed by atoms with Crippen molar-refractivity contribution in [2.24, 2.45) is 5.92 Å². The minimum atomic E-state index is -0.544. The predicted octanol–water partition coefficient (Wildman–Crippen LogP) is 4.61. The highest BCUT2D eigenvalue weighted by atomic mass is 35.5. The first-order valence-corrected chi connectivity index (χ1v) is 9.84. The van der Waals surface area contributed by atoms with Crippen LogP contribution in [0.2, 0.25) is 5.02 Å². The van der Waals surface area contributed by atoms with E-state index in [1.807, 2.05) is 24.3 Å². The van der Waals surface area contributed by atoms with E-state index in [4.69, 9.17) is 16.3 Å². The Balaban J connectivity index is 1.64. The zero-order valence-electron chi connectivity index (χ0n) is 16.2. The molecule has 3 rings (SSSR count). The predicted molar refractivity (Wildman–Crippen MR) is 111 cm³/mol. The topological polar surface area (TPSA) is 58.6 Å². The SMILES string of the molecule is COC(=O)c1cc(NC(=O)c2ccc(CN3CCCC(C)C3)cc2)ccc1Cl. The van der Waals surface area contributed by atoms with Gasteiger partial charge in [-0.3, -0.25) is 9.69 Å². The number of likely N-dealkylation sites (tertiary alicyclic amines) is 1. The van der Waals surface area contributed by atoms with Gasteiger partial charge in [0.05, 0.1) is 17.7 Å². The summed E-state index contributed by atoms with van der Waals surface area (Å²) in [5, 5.41) is 3.07. The zero-order valence-corrected chi connectivity index (χ0v) is 17.0. The molecule has 0 radical (unpaired) electrons. The summed E-state index contributed by atoms with van der Waals surface area (Å²) in [6.07, 6.45) is 2.55. The molecule has 1 fully saturated rings. The van der Waals surface area contributed by atoms with E-state index in [0.717, 1.165) is 25.6 Å². The van der Waals surface area contributed by atoms with Gasteiger partial charge in [-0.15, -0.1) is 0 Å². The molecule has 0 aliphatic carbocycles. The van der Waals surface area contributed by atoms with Gasteiger partial charge in [0, 0.05) is 24.3 Å². The summed E-state index contributed by atoms with van der Waals surface area (Å²) in [7, 11) is 1.29. The van der Waals surface area contributed by atoms with E-state index < -0.39 is 5.97 Å². The molecule has 1 saturated heterocycles. The van der Waals surface area contributed by atoms with Crippen LogP contribution in [0.25, 0.3) is 0 Å². The summed E-state index contributed by atoms with van der Waals surface area (Å²) >= 11 is 6.01. The van der Waals surface area contributed by atoms with Crippen LogP contribution in [0.15, 0.2) is 42.5 Å². The maximum atomic E-state index is 12.5. The van der Waals surface area contributed by atoms with E-state index in [9.17, 15) is 9.59 Å². The van der Waals surface area contributed by atoms with Crippen molar-refractivity contribution in [1.29, 1.82) is 0 Å². The lowest BCUT2D eigenvalue weighted by molar-refractivity contribution is 0.0600. The Morgan fingerprint density at radius 1 is 1.21 bits per heavy atom. The molecule has 1 heterocycles. The van der Waals surface area contributed by atoms with Crippen LogP contribution in [0.1, 0.15) is 46.0 Å². The Bertz CT molecular complexity index is 851. The molecular formula is C22H25ClN2O3. The Morgan fingerprint density at radius 3 is 2.64 bits per heavy atom. The molecule has 1 amide bonds. The number of carbonyl (C=O) groups excluding carboxylic acids is 2. The maximum Gasteiger partial charge on any atom is 0.339 e. The van der Waals surface area contributed by atoms with E-state index in [-0.39, 0.29) is 16.5 Å². The van der Waals surface area contributed by atoms with Crippen LogP contribution in [-0.4, -0.2) is 37.0 Å². The molecule has 0 saturated carbocycles. The molecule has 2 aromatic carbocycles. The highest BCUT2D eigenvalue weighted by Gasteiger charge is 2.17. The minimum Gasteiger partial charge on any atom is -0.465 e. The van der Waals surface area contributed by atoms with E-state index in [2.05, 4.69) is 17.1 Å². The Morgan fingerprint density at radius 2 is 1.96 bits per heavy atom. The van der Waals surface area contributed by atoms with Crippen LogP contribution in [0.3, 0.4) is 0 Å². The summed E-state index contributed by atoms with van der Waals surface area (Å²) in [6, 6.07) is 12.4. The first-order valence-electron chi connectivity index (χ1n) is 9.47. The largest absolute Gasteiger partial charge is 0.465 e. The molecule has 0 aromatic heterocycles. The van der Waals surface area contributed by atoms with Gasteiger partial charge in [0.2, 0.25) is 0 Å². The van der Waals surface area contributed by atoms with Gasteiger partial charge in [0.1, 0.15) is 0 Å². The van der Waals surface area contributed by atoms with E-state index in [1.165, 1.54) is 31.6 Å². The number of nitrogens with one attached hydrogen (secondary N) is 1. The third kappa shape index (κ3) is 5.12. The summed E-state index contributed by atoms with van der Waals surface area (Å²) in [6.45, 7) is 5.46. The van der Waals surface area contributed by atoms with Crippen molar-refractivity contribution in [3.63, 3.8) is 0 Å². The summed E-state index contributed by atoms with van der Waals surface area (Å²) in [5.74, 6) is -0.0400. The fourth-order valence-electron chi connectivity index (χ4n) is 3.52. The van der Waals surface area contributed by atoms with E-state index >= 15 is 0 Å². The molecule has 1 N–H and O–H groups in total.